The van der Waals surface area contributed by atoms with E-state index in [9.17, 15) is 90.8 Å². The minimum atomic E-state index is -0.643. The first kappa shape index (κ1) is 122. The van der Waals surface area contributed by atoms with Crippen LogP contribution in [0.25, 0.3) is 0 Å². The molecule has 7 N–H and O–H groups in total. The fourth-order valence-electron chi connectivity index (χ4n) is 21.5. The van der Waals surface area contributed by atoms with E-state index in [1.54, 1.807) is 30.4 Å². The summed E-state index contributed by atoms with van der Waals surface area (Å²) in [6.45, 7) is 60.3. The van der Waals surface area contributed by atoms with E-state index in [-0.39, 0.29) is 127 Å². The molecule has 40 heteroatoms. The molecular weight excluding hydrogens is 1760 g/mol. The molecule has 739 valence electrons. The maximum atomic E-state index is 12.5. The molecule has 0 heterocycles. The van der Waals surface area contributed by atoms with E-state index < -0.39 is 36.3 Å². The Hall–Kier alpha value is -11.4. The Kier molecular flexibility index (Phi) is 52.3. The zero-order valence-electron chi connectivity index (χ0n) is 81.1. The van der Waals surface area contributed by atoms with E-state index in [0.717, 1.165) is 120 Å². The van der Waals surface area contributed by atoms with Crippen molar-refractivity contribution in [2.24, 2.45) is 99.9 Å². The van der Waals surface area contributed by atoms with Crippen molar-refractivity contribution in [1.82, 2.24) is 61.7 Å². The molecule has 12 unspecified atom stereocenters. The molecule has 6 aliphatic rings. The summed E-state index contributed by atoms with van der Waals surface area (Å²) in [4.78, 5) is 224. The van der Waals surface area contributed by atoms with E-state index in [0.29, 0.717) is 110 Å². The Labute approximate surface area is 792 Å². The Bertz CT molecular complexity index is 4030. The second kappa shape index (κ2) is 57.2. The molecule has 0 aromatic carbocycles. The second-order valence-corrected chi connectivity index (χ2v) is 42.1. The van der Waals surface area contributed by atoms with Crippen LogP contribution in [-0.2, 0) is 84.2 Å². The van der Waals surface area contributed by atoms with Crippen LogP contribution in [0.4, 0.5) is 33.2 Å². The SMILES string of the molecule is C=CN(C=O)C(=O)CC1CC(C)(C)CC(C)(CNC(=O)OCCOC(=O)NCC2(C)CC(NC(=O)N(C=C)C=O)CC(C)(C)C2)C1.C=CN(C=O)C(=O)NC1CC(C)(C)CC(C)(CN=C=O)C1.C=CN(C=O)C(=O)NC1CC(C)(C)CC(C)(CN=C=O)C1.C=CN(C=O)C(=O)NCC1(C)CC(N=C=O)CC(C)(C)C1.C=CNC=O.CC1(C)CC(N=C=O)CC(C)(CN=C=O)C1.F[N]=[V]. The zero-order chi connectivity index (χ0) is 102. The van der Waals surface area contributed by atoms with Crippen LogP contribution < -0.4 is 37.2 Å². The van der Waals surface area contributed by atoms with Crippen LogP contribution >= 0.6 is 0 Å². The van der Waals surface area contributed by atoms with Crippen molar-refractivity contribution in [3.63, 3.8) is 0 Å². The molecule has 38 nitrogen and oxygen atoms in total. The van der Waals surface area contributed by atoms with Gasteiger partial charge in [-0.25, -0.2) is 97.3 Å². The molecule has 0 aliphatic heterocycles. The van der Waals surface area contributed by atoms with Gasteiger partial charge < -0.3 is 46.7 Å². The van der Waals surface area contributed by atoms with Crippen molar-refractivity contribution in [3.05, 3.63) is 76.7 Å². The van der Waals surface area contributed by atoms with Gasteiger partial charge in [-0.2, -0.15) is 0 Å². The van der Waals surface area contributed by atoms with Crippen molar-refractivity contribution in [2.75, 3.05) is 52.5 Å². The van der Waals surface area contributed by atoms with Crippen LogP contribution in [0.1, 0.15) is 247 Å². The average molecular weight is 1910 g/mol. The average Bonchev–Trinajstić information content (AvgIpc) is 0.816. The van der Waals surface area contributed by atoms with Gasteiger partial charge in [0.1, 0.15) is 13.2 Å². The molecule has 0 radical (unpaired) electrons. The molecule has 0 saturated heterocycles. The molecule has 12 atom stereocenters. The van der Waals surface area contributed by atoms with Gasteiger partial charge in [-0.1, -0.05) is 164 Å². The van der Waals surface area contributed by atoms with Crippen molar-refractivity contribution < 1.29 is 117 Å². The summed E-state index contributed by atoms with van der Waals surface area (Å²) in [7, 11) is 0. The number of nitrogens with zero attached hydrogens (tertiary/aromatic N) is 11. The summed E-state index contributed by atoms with van der Waals surface area (Å²) in [5.74, 6) is -0.253. The molecule has 0 aromatic rings. The number of urea groups is 4. The summed E-state index contributed by atoms with van der Waals surface area (Å²) >= 11 is 1.42. The standard InChI is InChI=1S/C33H53N5O8.3C15H23N3O3.C12H18N2O2.C3H5NO.FN.V/c1-9-37(22-39)26(41)13-24-14-30(3,4)18-32(7,15-24)20-34-28(43)45-11-12-46-29(44)35-21-33(8)17-25(16-31(5,6)19-33)36-27(42)38(10-2)23-40;1-5-18(11-20)13(21)16-9-15(4)7-12(17-10-19)6-14(2,3)8-15;2*1-5-18(11-20)13(21)17-12-6-14(2,3)8-15(4,7-12)9-16-10-19;1-11(2)4-10(14-9-16)5-12(3,6-11)7-13-8-15;1-2-4-3-5;1-2;/h9-10,22-25H,1-2,11-21H2,3-8H3,(H,34,43)(H,35,44)(H,36,42);5,11-12H,1,6-9H2,2-4H3,(H,16,21);2*5,11-12H,1,6-9H2,2-4H3,(H,17,21);10H,4-7H2,1-3H3;2-3H,1H2,(H,4,5);;. The molecular formula is C93H145FN18O20V. The molecule has 6 fully saturated rings. The van der Waals surface area contributed by atoms with E-state index in [1.807, 2.05) is 10.9 Å². The third-order valence-electron chi connectivity index (χ3n) is 23.7. The van der Waals surface area contributed by atoms with Gasteiger partial charge in [-0.3, -0.25) is 38.5 Å². The molecule has 133 heavy (non-hydrogen) atoms. The van der Waals surface area contributed by atoms with E-state index >= 15 is 0 Å². The normalized spacial score (nSPS) is 26.1. The first-order valence-electron chi connectivity index (χ1n) is 43.7. The van der Waals surface area contributed by atoms with Gasteiger partial charge in [0.05, 0.1) is 31.7 Å². The van der Waals surface area contributed by atoms with E-state index in [2.05, 4.69) is 219 Å². The number of imide groups is 5. The van der Waals surface area contributed by atoms with Crippen molar-refractivity contribution in [3.8, 4) is 0 Å². The third kappa shape index (κ3) is 47.7. The number of alkyl carbamates (subject to hydrolysis) is 2. The number of rotatable bonds is 34. The number of halogens is 1. The van der Waals surface area contributed by atoms with Crippen molar-refractivity contribution >= 4 is 111 Å². The van der Waals surface area contributed by atoms with E-state index in [1.165, 1.54) is 42.0 Å². The Morgan fingerprint density at radius 1 is 0.376 bits per heavy atom. The minimum absolute atomic E-state index is 0.00750. The molecule has 6 rings (SSSR count). The van der Waals surface area contributed by atoms with Crippen LogP contribution in [0, 0.1) is 70.9 Å². The van der Waals surface area contributed by atoms with Crippen LogP contribution in [0.15, 0.2) is 106 Å². The molecule has 6 aliphatic carbocycles. The predicted octanol–water partition coefficient (Wildman–Crippen LogP) is 14.1. The number of hydrogen-bond donors (Lipinski definition) is 7. The second-order valence-electron chi connectivity index (χ2n) is 41.9. The summed E-state index contributed by atoms with van der Waals surface area (Å²) < 4.78 is 22.3. The molecule has 0 spiro atoms. The Morgan fingerprint density at radius 3 is 0.940 bits per heavy atom. The molecule has 0 aromatic heterocycles. The number of carbonyl (C=O) groups excluding carboxylic acids is 18. The molecule has 0 bridgehead atoms. The fraction of sp³-hybridized carbons (Fsp3) is 0.677. The van der Waals surface area contributed by atoms with Gasteiger partial charge in [0.2, 0.25) is 74.8 Å². The van der Waals surface area contributed by atoms with Crippen molar-refractivity contribution in [2.45, 2.75) is 277 Å². The summed E-state index contributed by atoms with van der Waals surface area (Å²) in [6.07, 6.45) is 31.2. The first-order valence-corrected chi connectivity index (χ1v) is 44.3. The van der Waals surface area contributed by atoms with E-state index in [4.69, 9.17) is 9.47 Å². The number of carbonyl (C=O) groups is 13. The maximum absolute atomic E-state index is 12.5. The quantitative estimate of drug-likeness (QED) is 0.0136. The summed E-state index contributed by atoms with van der Waals surface area (Å²) in [5, 5.41) is 19.1. The molecule has 6 saturated carbocycles. The fourth-order valence-corrected chi connectivity index (χ4v) is 21.5. The number of aliphatic imine (C=N–C) groups is 5. The number of hydrogen-bond acceptors (Lipinski definition) is 26. The van der Waals surface area contributed by atoms with Gasteiger partial charge in [-0.15, -0.1) is 0 Å². The first-order chi connectivity index (χ1) is 61.9. The number of ether oxygens (including phenoxy) is 2. The van der Waals surface area contributed by atoms with Gasteiger partial charge in [0, 0.05) is 75.2 Å². The number of nitrogens with one attached hydrogen (secondary N) is 7. The van der Waals surface area contributed by atoms with Crippen LogP contribution in [0.5, 0.6) is 0 Å². The van der Waals surface area contributed by atoms with Crippen LogP contribution in [0.3, 0.4) is 0 Å². The summed E-state index contributed by atoms with van der Waals surface area (Å²) in [5.41, 5.74) is -1.21. The Morgan fingerprint density at radius 2 is 0.647 bits per heavy atom. The topological polar surface area (TPSA) is 500 Å². The number of isocyanates is 5. The number of amides is 17. The summed E-state index contributed by atoms with van der Waals surface area (Å²) in [6, 6.07) is -2.43. The third-order valence-corrected chi connectivity index (χ3v) is 23.7. The molecule has 17 amide bonds. The monoisotopic (exact) mass is 1900 g/mol. The van der Waals surface area contributed by atoms with Crippen molar-refractivity contribution in [1.29, 1.82) is 0 Å². The van der Waals surface area contributed by atoms with Crippen LogP contribution in [-0.4, -0.2) is 218 Å². The van der Waals surface area contributed by atoms with Gasteiger partial charge in [-0.05, 0) is 193 Å². The van der Waals surface area contributed by atoms with Gasteiger partial charge in [0.15, 0.2) is 0 Å². The zero-order valence-corrected chi connectivity index (χ0v) is 82.5. The van der Waals surface area contributed by atoms with Gasteiger partial charge in [0.25, 0.3) is 0 Å². The Balaban J connectivity index is 0.00000170. The van der Waals surface area contributed by atoms with Crippen LogP contribution in [0.2, 0.25) is 0 Å². The predicted molar refractivity (Wildman–Crippen MR) is 493 cm³/mol. The van der Waals surface area contributed by atoms with Gasteiger partial charge >= 0.3 is 62.0 Å².